The number of benzene rings is 2. The van der Waals surface area contributed by atoms with Gasteiger partial charge in [-0.2, -0.15) is 5.26 Å². The van der Waals surface area contributed by atoms with Crippen LogP contribution in [0.3, 0.4) is 0 Å². The lowest BCUT2D eigenvalue weighted by molar-refractivity contribution is -0.384. The minimum Gasteiger partial charge on any atom is -0.444 e. The fourth-order valence-corrected chi connectivity index (χ4v) is 3.11. The van der Waals surface area contributed by atoms with Gasteiger partial charge in [-0.05, 0) is 49.6 Å². The molecule has 0 aliphatic carbocycles. The Bertz CT molecular complexity index is 1000. The zero-order chi connectivity index (χ0) is 21.2. The molecule has 0 saturated carbocycles. The van der Waals surface area contributed by atoms with Crippen LogP contribution in [0.2, 0.25) is 0 Å². The molecule has 150 valence electrons. The number of fused-ring (bicyclic) bond motifs is 1. The quantitative estimate of drug-likeness (QED) is 0.611. The van der Waals surface area contributed by atoms with Gasteiger partial charge in [0.05, 0.1) is 16.6 Å². The standard InChI is InChI=1S/C21H22N4O4/c1-21(2,3)29-20(26)24-12-16-6-4-15(8-17(16)13-24)11-23-18-7-5-14(10-22)9-19(18)25(27)28/h4-9,23H,11-13H2,1-3H3. The van der Waals surface area contributed by atoms with Crippen molar-refractivity contribution in [1.82, 2.24) is 4.90 Å². The normalized spacial score (nSPS) is 12.8. The van der Waals surface area contributed by atoms with Crippen molar-refractivity contribution in [2.75, 3.05) is 5.32 Å². The average molecular weight is 394 g/mol. The van der Waals surface area contributed by atoms with Crippen molar-refractivity contribution in [2.45, 2.75) is 46.0 Å². The van der Waals surface area contributed by atoms with Gasteiger partial charge in [0, 0.05) is 25.7 Å². The summed E-state index contributed by atoms with van der Waals surface area (Å²) in [5.41, 5.74) is 2.94. The first-order chi connectivity index (χ1) is 13.7. The third-order valence-electron chi connectivity index (χ3n) is 4.45. The number of rotatable bonds is 4. The second kappa shape index (κ2) is 7.80. The summed E-state index contributed by atoms with van der Waals surface area (Å²) in [5, 5.41) is 23.2. The van der Waals surface area contributed by atoms with Crippen molar-refractivity contribution in [3.63, 3.8) is 0 Å². The third-order valence-corrected chi connectivity index (χ3v) is 4.45. The molecule has 0 fully saturated rings. The molecule has 0 bridgehead atoms. The molecule has 1 N–H and O–H groups in total. The Balaban J connectivity index is 1.69. The molecule has 1 heterocycles. The summed E-state index contributed by atoms with van der Waals surface area (Å²) in [7, 11) is 0. The highest BCUT2D eigenvalue weighted by Gasteiger charge is 2.27. The first kappa shape index (κ1) is 20.1. The topological polar surface area (TPSA) is 108 Å². The summed E-state index contributed by atoms with van der Waals surface area (Å²) in [5.74, 6) is 0. The largest absolute Gasteiger partial charge is 0.444 e. The molecule has 0 spiro atoms. The van der Waals surface area contributed by atoms with Crippen LogP contribution in [-0.4, -0.2) is 21.5 Å². The van der Waals surface area contributed by atoms with E-state index in [1.165, 1.54) is 18.2 Å². The minimum atomic E-state index is -0.545. The van der Waals surface area contributed by atoms with Gasteiger partial charge in [0.25, 0.3) is 5.69 Å². The van der Waals surface area contributed by atoms with E-state index in [0.29, 0.717) is 25.3 Å². The van der Waals surface area contributed by atoms with Crippen LogP contribution >= 0.6 is 0 Å². The Morgan fingerprint density at radius 1 is 1.24 bits per heavy atom. The SMILES string of the molecule is CC(C)(C)OC(=O)N1Cc2ccc(CNc3ccc(C#N)cc3[N+](=O)[O-])cc2C1. The van der Waals surface area contributed by atoms with Crippen LogP contribution in [0.15, 0.2) is 36.4 Å². The highest BCUT2D eigenvalue weighted by molar-refractivity contribution is 5.69. The lowest BCUT2D eigenvalue weighted by Crippen LogP contribution is -2.33. The second-order valence-electron chi connectivity index (χ2n) is 7.89. The van der Waals surface area contributed by atoms with E-state index >= 15 is 0 Å². The summed E-state index contributed by atoms with van der Waals surface area (Å²) in [6.07, 6.45) is -0.346. The van der Waals surface area contributed by atoms with Gasteiger partial charge in [-0.25, -0.2) is 4.79 Å². The Morgan fingerprint density at radius 3 is 2.62 bits per heavy atom. The van der Waals surface area contributed by atoms with Gasteiger partial charge >= 0.3 is 6.09 Å². The van der Waals surface area contributed by atoms with Crippen molar-refractivity contribution >= 4 is 17.5 Å². The Hall–Kier alpha value is -3.60. The number of nitro benzene ring substituents is 1. The van der Waals surface area contributed by atoms with E-state index in [2.05, 4.69) is 5.32 Å². The molecule has 0 atom stereocenters. The van der Waals surface area contributed by atoms with E-state index in [-0.39, 0.29) is 17.3 Å². The van der Waals surface area contributed by atoms with E-state index in [1.807, 2.05) is 45.0 Å². The molecule has 29 heavy (non-hydrogen) atoms. The highest BCUT2D eigenvalue weighted by atomic mass is 16.6. The lowest BCUT2D eigenvalue weighted by Gasteiger charge is -2.24. The summed E-state index contributed by atoms with van der Waals surface area (Å²) in [6.45, 7) is 6.85. The first-order valence-electron chi connectivity index (χ1n) is 9.17. The number of nitriles is 1. The van der Waals surface area contributed by atoms with Crippen LogP contribution in [0.25, 0.3) is 0 Å². The van der Waals surface area contributed by atoms with Gasteiger partial charge in [-0.15, -0.1) is 0 Å². The molecule has 1 aliphatic rings. The maximum atomic E-state index is 12.3. The van der Waals surface area contributed by atoms with E-state index in [4.69, 9.17) is 10.00 Å². The molecule has 8 nitrogen and oxygen atoms in total. The number of anilines is 1. The van der Waals surface area contributed by atoms with Crippen LogP contribution < -0.4 is 5.32 Å². The molecule has 2 aromatic rings. The fraction of sp³-hybridized carbons (Fsp3) is 0.333. The van der Waals surface area contributed by atoms with E-state index < -0.39 is 10.5 Å². The third kappa shape index (κ3) is 4.82. The van der Waals surface area contributed by atoms with Gasteiger partial charge in [-0.3, -0.25) is 15.0 Å². The minimum absolute atomic E-state index is 0.138. The summed E-state index contributed by atoms with van der Waals surface area (Å²) >= 11 is 0. The van der Waals surface area contributed by atoms with Crippen LogP contribution in [0.4, 0.5) is 16.2 Å². The van der Waals surface area contributed by atoms with E-state index in [0.717, 1.165) is 16.7 Å². The molecule has 3 rings (SSSR count). The maximum Gasteiger partial charge on any atom is 0.410 e. The number of nitrogens with zero attached hydrogens (tertiary/aromatic N) is 3. The summed E-state index contributed by atoms with van der Waals surface area (Å²) in [6, 6.07) is 12.1. The van der Waals surface area contributed by atoms with Crippen LogP contribution in [0.1, 0.15) is 43.0 Å². The van der Waals surface area contributed by atoms with Crippen LogP contribution in [-0.2, 0) is 24.4 Å². The van der Waals surface area contributed by atoms with Crippen molar-refractivity contribution in [3.8, 4) is 6.07 Å². The Kier molecular flexibility index (Phi) is 5.41. The van der Waals surface area contributed by atoms with Crippen LogP contribution in [0, 0.1) is 21.4 Å². The Morgan fingerprint density at radius 2 is 1.97 bits per heavy atom. The Labute approximate surface area is 168 Å². The second-order valence-corrected chi connectivity index (χ2v) is 7.89. The van der Waals surface area contributed by atoms with Gasteiger partial charge in [0.15, 0.2) is 0 Å². The summed E-state index contributed by atoms with van der Waals surface area (Å²) in [4.78, 5) is 24.7. The number of hydrogen-bond donors (Lipinski definition) is 1. The maximum absolute atomic E-state index is 12.3. The van der Waals surface area contributed by atoms with Crippen LogP contribution in [0.5, 0.6) is 0 Å². The molecule has 1 amide bonds. The van der Waals surface area contributed by atoms with Gasteiger partial charge in [0.2, 0.25) is 0 Å². The van der Waals surface area contributed by atoms with Crippen molar-refractivity contribution < 1.29 is 14.5 Å². The number of nitro groups is 1. The van der Waals surface area contributed by atoms with Gasteiger partial charge in [-0.1, -0.05) is 18.2 Å². The van der Waals surface area contributed by atoms with E-state index in [1.54, 1.807) is 4.90 Å². The van der Waals surface area contributed by atoms with Gasteiger partial charge < -0.3 is 10.1 Å². The van der Waals surface area contributed by atoms with Crippen molar-refractivity contribution in [3.05, 3.63) is 68.8 Å². The highest BCUT2D eigenvalue weighted by Crippen LogP contribution is 2.28. The lowest BCUT2D eigenvalue weighted by atomic mass is 10.1. The molecule has 2 aromatic carbocycles. The molecule has 0 aromatic heterocycles. The molecular weight excluding hydrogens is 372 g/mol. The zero-order valence-electron chi connectivity index (χ0n) is 16.6. The van der Waals surface area contributed by atoms with Crippen molar-refractivity contribution in [2.24, 2.45) is 0 Å². The molecule has 1 aliphatic heterocycles. The summed E-state index contributed by atoms with van der Waals surface area (Å²) < 4.78 is 5.43. The fourth-order valence-electron chi connectivity index (χ4n) is 3.11. The predicted molar refractivity (Wildman–Crippen MR) is 107 cm³/mol. The molecular formula is C21H22N4O4. The van der Waals surface area contributed by atoms with Crippen molar-refractivity contribution in [1.29, 1.82) is 5.26 Å². The monoisotopic (exact) mass is 394 g/mol. The average Bonchev–Trinajstić information content (AvgIpc) is 3.08. The number of ether oxygens (including phenoxy) is 1. The number of hydrogen-bond acceptors (Lipinski definition) is 6. The number of nitrogens with one attached hydrogen (secondary N) is 1. The predicted octanol–water partition coefficient (Wildman–Crippen LogP) is 4.33. The molecule has 0 saturated heterocycles. The number of carbonyl (C=O) groups excluding carboxylic acids is 1. The molecule has 0 radical (unpaired) electrons. The molecule has 8 heteroatoms. The zero-order valence-corrected chi connectivity index (χ0v) is 16.6. The first-order valence-corrected chi connectivity index (χ1v) is 9.17. The number of amides is 1. The smallest absolute Gasteiger partial charge is 0.410 e. The van der Waals surface area contributed by atoms with Gasteiger partial charge in [0.1, 0.15) is 11.3 Å². The van der Waals surface area contributed by atoms with E-state index in [9.17, 15) is 14.9 Å². The molecule has 0 unspecified atom stereocenters. The number of carbonyl (C=O) groups is 1.